The number of rotatable bonds is 4. The van der Waals surface area contributed by atoms with Crippen molar-refractivity contribution in [3.63, 3.8) is 0 Å². The number of amides is 3. The summed E-state index contributed by atoms with van der Waals surface area (Å²) < 4.78 is 11.1. The molecule has 0 atom stereocenters. The van der Waals surface area contributed by atoms with Crippen LogP contribution in [0.2, 0.25) is 0 Å². The highest BCUT2D eigenvalue weighted by molar-refractivity contribution is 6.34. The normalized spacial score (nSPS) is 16.2. The third kappa shape index (κ3) is 3.49. The van der Waals surface area contributed by atoms with Crippen molar-refractivity contribution < 1.29 is 23.9 Å². The summed E-state index contributed by atoms with van der Waals surface area (Å²) in [5.74, 6) is -0.162. The zero-order valence-corrected chi connectivity index (χ0v) is 16.4. The molecular formula is C22H22N2O5. The lowest BCUT2D eigenvalue weighted by Gasteiger charge is -2.27. The zero-order valence-electron chi connectivity index (χ0n) is 16.4. The van der Waals surface area contributed by atoms with Crippen LogP contribution in [0.1, 0.15) is 31.8 Å². The van der Waals surface area contributed by atoms with Gasteiger partial charge in [-0.1, -0.05) is 12.1 Å². The van der Waals surface area contributed by atoms with Gasteiger partial charge >= 0.3 is 0 Å². The predicted molar refractivity (Wildman–Crippen MR) is 106 cm³/mol. The Morgan fingerprint density at radius 3 is 2.10 bits per heavy atom. The molecule has 1 saturated heterocycles. The summed E-state index contributed by atoms with van der Waals surface area (Å²) in [7, 11) is 0. The van der Waals surface area contributed by atoms with Crippen LogP contribution >= 0.6 is 0 Å². The monoisotopic (exact) mass is 394 g/mol. The Morgan fingerprint density at radius 2 is 1.55 bits per heavy atom. The van der Waals surface area contributed by atoms with Crippen molar-refractivity contribution in [1.29, 1.82) is 0 Å². The van der Waals surface area contributed by atoms with Gasteiger partial charge in [-0.3, -0.25) is 14.4 Å². The van der Waals surface area contributed by atoms with Crippen LogP contribution in [0.15, 0.2) is 36.4 Å². The molecule has 0 bridgehead atoms. The van der Waals surface area contributed by atoms with Crippen molar-refractivity contribution >= 4 is 23.4 Å². The van der Waals surface area contributed by atoms with Gasteiger partial charge in [0.1, 0.15) is 5.75 Å². The zero-order chi connectivity index (χ0) is 20.5. The van der Waals surface area contributed by atoms with Crippen LogP contribution in [-0.4, -0.2) is 55.5 Å². The molecule has 29 heavy (non-hydrogen) atoms. The van der Waals surface area contributed by atoms with Crippen LogP contribution in [-0.2, 0) is 9.53 Å². The molecule has 0 N–H and O–H groups in total. The molecule has 2 heterocycles. The number of hydrogen-bond acceptors (Lipinski definition) is 5. The minimum Gasteiger partial charge on any atom is -0.483 e. The predicted octanol–water partition coefficient (Wildman–Crippen LogP) is 2.34. The molecule has 0 saturated carbocycles. The molecule has 0 unspecified atom stereocenters. The molecule has 2 aliphatic heterocycles. The average molecular weight is 394 g/mol. The highest BCUT2D eigenvalue weighted by Crippen LogP contribution is 2.33. The number of anilines is 1. The Bertz CT molecular complexity index is 936. The van der Waals surface area contributed by atoms with Crippen LogP contribution in [0, 0.1) is 13.8 Å². The van der Waals surface area contributed by atoms with Gasteiger partial charge in [0, 0.05) is 13.1 Å². The molecule has 2 aromatic carbocycles. The fourth-order valence-electron chi connectivity index (χ4n) is 3.75. The van der Waals surface area contributed by atoms with Crippen molar-refractivity contribution in [2.24, 2.45) is 0 Å². The second kappa shape index (κ2) is 7.67. The topological polar surface area (TPSA) is 76.2 Å². The van der Waals surface area contributed by atoms with Gasteiger partial charge in [0.15, 0.2) is 6.61 Å². The second-order valence-electron chi connectivity index (χ2n) is 7.18. The van der Waals surface area contributed by atoms with E-state index in [0.29, 0.717) is 48.9 Å². The summed E-state index contributed by atoms with van der Waals surface area (Å²) in [4.78, 5) is 40.7. The largest absolute Gasteiger partial charge is 0.483 e. The number of imide groups is 1. The standard InChI is InChI=1S/C22H22N2O5/c1-14-11-16(24-21(26)17-5-3-4-6-18(17)22(24)27)12-15(2)20(14)29-13-19(25)23-7-9-28-10-8-23/h3-6,11-12H,7-10,13H2,1-2H3. The van der Waals surface area contributed by atoms with Crippen molar-refractivity contribution in [2.45, 2.75) is 13.8 Å². The van der Waals surface area contributed by atoms with E-state index in [4.69, 9.17) is 9.47 Å². The lowest BCUT2D eigenvalue weighted by molar-refractivity contribution is -0.137. The van der Waals surface area contributed by atoms with E-state index in [9.17, 15) is 14.4 Å². The van der Waals surface area contributed by atoms with Crippen LogP contribution in [0.5, 0.6) is 5.75 Å². The maximum atomic E-state index is 12.7. The summed E-state index contributed by atoms with van der Waals surface area (Å²) in [6.07, 6.45) is 0. The van der Waals surface area contributed by atoms with Crippen LogP contribution in [0.25, 0.3) is 0 Å². The van der Waals surface area contributed by atoms with Gasteiger partial charge in [-0.05, 0) is 49.2 Å². The lowest BCUT2D eigenvalue weighted by atomic mass is 10.1. The maximum absolute atomic E-state index is 12.7. The van der Waals surface area contributed by atoms with Gasteiger partial charge in [-0.25, -0.2) is 4.90 Å². The van der Waals surface area contributed by atoms with E-state index in [1.165, 1.54) is 4.90 Å². The summed E-state index contributed by atoms with van der Waals surface area (Å²) in [5, 5.41) is 0. The molecule has 7 heteroatoms. The highest BCUT2D eigenvalue weighted by Gasteiger charge is 2.36. The number of carbonyl (C=O) groups is 3. The SMILES string of the molecule is Cc1cc(N2C(=O)c3ccccc3C2=O)cc(C)c1OCC(=O)N1CCOCC1. The number of benzene rings is 2. The first-order chi connectivity index (χ1) is 14.0. The summed E-state index contributed by atoms with van der Waals surface area (Å²) in [5.41, 5.74) is 2.82. The van der Waals surface area contributed by atoms with Gasteiger partial charge in [-0.2, -0.15) is 0 Å². The number of nitrogens with zero attached hydrogens (tertiary/aromatic N) is 2. The number of fused-ring (bicyclic) bond motifs is 1. The third-order valence-corrected chi connectivity index (χ3v) is 5.20. The first-order valence-corrected chi connectivity index (χ1v) is 9.55. The van der Waals surface area contributed by atoms with E-state index in [-0.39, 0.29) is 24.3 Å². The quantitative estimate of drug-likeness (QED) is 0.744. The van der Waals surface area contributed by atoms with Gasteiger partial charge in [-0.15, -0.1) is 0 Å². The Balaban J connectivity index is 1.53. The van der Waals surface area contributed by atoms with Gasteiger partial charge < -0.3 is 14.4 Å². The van der Waals surface area contributed by atoms with E-state index in [0.717, 1.165) is 11.1 Å². The van der Waals surface area contributed by atoms with E-state index < -0.39 is 0 Å². The molecule has 2 aliphatic rings. The van der Waals surface area contributed by atoms with Crippen LogP contribution < -0.4 is 9.64 Å². The fraction of sp³-hybridized carbons (Fsp3) is 0.318. The first kappa shape index (κ1) is 19.1. The molecule has 0 aromatic heterocycles. The average Bonchev–Trinajstić information content (AvgIpc) is 2.98. The Hall–Kier alpha value is -3.19. The van der Waals surface area contributed by atoms with Crippen molar-refractivity contribution in [3.05, 3.63) is 58.7 Å². The minimum absolute atomic E-state index is 0.0615. The molecule has 1 fully saturated rings. The summed E-state index contributed by atoms with van der Waals surface area (Å²) in [6, 6.07) is 10.3. The Kier molecular flexibility index (Phi) is 5.07. The Labute approximate surface area is 168 Å². The van der Waals surface area contributed by atoms with E-state index >= 15 is 0 Å². The number of carbonyl (C=O) groups excluding carboxylic acids is 3. The molecule has 0 spiro atoms. The first-order valence-electron chi connectivity index (χ1n) is 9.55. The number of aryl methyl sites for hydroxylation is 2. The molecule has 4 rings (SSSR count). The summed E-state index contributed by atoms with van der Waals surface area (Å²) >= 11 is 0. The van der Waals surface area contributed by atoms with Crippen LogP contribution in [0.3, 0.4) is 0 Å². The third-order valence-electron chi connectivity index (χ3n) is 5.20. The smallest absolute Gasteiger partial charge is 0.266 e. The highest BCUT2D eigenvalue weighted by atomic mass is 16.5. The molecule has 150 valence electrons. The molecular weight excluding hydrogens is 372 g/mol. The van der Waals surface area contributed by atoms with E-state index in [1.807, 2.05) is 13.8 Å². The minimum atomic E-state index is -0.333. The van der Waals surface area contributed by atoms with E-state index in [2.05, 4.69) is 0 Å². The van der Waals surface area contributed by atoms with Crippen molar-refractivity contribution in [1.82, 2.24) is 4.90 Å². The molecule has 3 amide bonds. The van der Waals surface area contributed by atoms with Crippen molar-refractivity contribution in [3.8, 4) is 5.75 Å². The number of morpholine rings is 1. The van der Waals surface area contributed by atoms with Gasteiger partial charge in [0.25, 0.3) is 17.7 Å². The molecule has 0 radical (unpaired) electrons. The molecule has 2 aromatic rings. The molecule has 0 aliphatic carbocycles. The van der Waals surface area contributed by atoms with Crippen molar-refractivity contribution in [2.75, 3.05) is 37.8 Å². The summed E-state index contributed by atoms with van der Waals surface area (Å²) in [6.45, 7) is 5.83. The van der Waals surface area contributed by atoms with Crippen LogP contribution in [0.4, 0.5) is 5.69 Å². The number of ether oxygens (including phenoxy) is 2. The lowest BCUT2D eigenvalue weighted by Crippen LogP contribution is -2.43. The van der Waals surface area contributed by atoms with Gasteiger partial charge in [0.2, 0.25) is 0 Å². The number of hydrogen-bond donors (Lipinski definition) is 0. The second-order valence-corrected chi connectivity index (χ2v) is 7.18. The maximum Gasteiger partial charge on any atom is 0.266 e. The van der Waals surface area contributed by atoms with E-state index in [1.54, 1.807) is 41.3 Å². The molecule has 7 nitrogen and oxygen atoms in total. The Morgan fingerprint density at radius 1 is 1.00 bits per heavy atom. The fourth-order valence-corrected chi connectivity index (χ4v) is 3.75. The van der Waals surface area contributed by atoms with Gasteiger partial charge in [0.05, 0.1) is 30.0 Å².